The summed E-state index contributed by atoms with van der Waals surface area (Å²) in [5, 5.41) is 4.77. The van der Waals surface area contributed by atoms with Gasteiger partial charge in [-0.3, -0.25) is 0 Å². The number of nitrogens with one attached hydrogen (secondary N) is 2. The fourth-order valence-corrected chi connectivity index (χ4v) is 2.68. The van der Waals surface area contributed by atoms with E-state index in [-0.39, 0.29) is 0 Å². The zero-order valence-corrected chi connectivity index (χ0v) is 9.72. The van der Waals surface area contributed by atoms with Crippen molar-refractivity contribution >= 4 is 10.9 Å². The molecular formula is C14H18N2. The number of para-hydroxylation sites is 1. The Kier molecular flexibility index (Phi) is 2.44. The van der Waals surface area contributed by atoms with E-state index in [0.717, 1.165) is 13.1 Å². The van der Waals surface area contributed by atoms with E-state index in [1.807, 2.05) is 0 Å². The minimum atomic E-state index is 0.716. The molecule has 2 N–H and O–H groups in total. The minimum absolute atomic E-state index is 0.716. The van der Waals surface area contributed by atoms with Gasteiger partial charge >= 0.3 is 0 Å². The van der Waals surface area contributed by atoms with Gasteiger partial charge in [0.2, 0.25) is 0 Å². The lowest BCUT2D eigenvalue weighted by atomic mass is 9.95. The molecule has 1 aliphatic rings. The first kappa shape index (κ1) is 9.91. The molecule has 84 valence electrons. The first-order valence-electron chi connectivity index (χ1n) is 6.13. The van der Waals surface area contributed by atoms with Crippen molar-refractivity contribution in [1.82, 2.24) is 10.3 Å². The highest BCUT2D eigenvalue weighted by Gasteiger charge is 2.17. The number of benzene rings is 1. The van der Waals surface area contributed by atoms with E-state index in [9.17, 15) is 0 Å². The first-order valence-corrected chi connectivity index (χ1v) is 6.13. The quantitative estimate of drug-likeness (QED) is 0.750. The van der Waals surface area contributed by atoms with Crippen LogP contribution < -0.4 is 5.32 Å². The van der Waals surface area contributed by atoms with Crippen molar-refractivity contribution in [3.63, 3.8) is 0 Å². The van der Waals surface area contributed by atoms with Crippen LogP contribution in [0.25, 0.3) is 10.9 Å². The maximum atomic E-state index is 3.61. The van der Waals surface area contributed by atoms with E-state index in [2.05, 4.69) is 41.5 Å². The van der Waals surface area contributed by atoms with Gasteiger partial charge in [0.1, 0.15) is 0 Å². The van der Waals surface area contributed by atoms with E-state index in [1.54, 1.807) is 0 Å². The van der Waals surface area contributed by atoms with E-state index in [1.165, 1.54) is 35.0 Å². The number of piperidine rings is 1. The fraction of sp³-hybridized carbons (Fsp3) is 0.429. The van der Waals surface area contributed by atoms with Crippen molar-refractivity contribution in [2.24, 2.45) is 0 Å². The summed E-state index contributed by atoms with van der Waals surface area (Å²) < 4.78 is 0. The molecule has 0 radical (unpaired) electrons. The van der Waals surface area contributed by atoms with Gasteiger partial charge in [-0.2, -0.15) is 0 Å². The predicted molar refractivity (Wildman–Crippen MR) is 67.9 cm³/mol. The van der Waals surface area contributed by atoms with Crippen molar-refractivity contribution < 1.29 is 0 Å². The van der Waals surface area contributed by atoms with Crippen molar-refractivity contribution in [3.05, 3.63) is 35.5 Å². The van der Waals surface area contributed by atoms with Crippen LogP contribution in [0, 0.1) is 6.92 Å². The van der Waals surface area contributed by atoms with Crippen LogP contribution in [0.3, 0.4) is 0 Å². The molecule has 0 aliphatic carbocycles. The van der Waals surface area contributed by atoms with Gasteiger partial charge in [0.05, 0.1) is 0 Å². The van der Waals surface area contributed by atoms with Gasteiger partial charge in [-0.1, -0.05) is 18.2 Å². The Labute approximate surface area is 96.1 Å². The first-order chi connectivity index (χ1) is 7.84. The lowest BCUT2D eigenvalue weighted by molar-refractivity contribution is 0.455. The summed E-state index contributed by atoms with van der Waals surface area (Å²) in [5.41, 5.74) is 4.08. The number of hydrogen-bond acceptors (Lipinski definition) is 1. The summed E-state index contributed by atoms with van der Waals surface area (Å²) in [6, 6.07) is 8.84. The number of aromatic amines is 1. The van der Waals surface area contributed by atoms with Gasteiger partial charge in [-0.15, -0.1) is 0 Å². The van der Waals surface area contributed by atoms with Crippen LogP contribution >= 0.6 is 0 Å². The van der Waals surface area contributed by atoms with Gasteiger partial charge in [0.15, 0.2) is 0 Å². The summed E-state index contributed by atoms with van der Waals surface area (Å²) in [7, 11) is 0. The SMILES string of the molecule is Cc1cccc2cc(C3CCNCC3)[nH]c12. The highest BCUT2D eigenvalue weighted by Crippen LogP contribution is 2.28. The second kappa shape index (κ2) is 3.95. The molecule has 0 spiro atoms. The Balaban J connectivity index is 2.01. The zero-order valence-electron chi connectivity index (χ0n) is 9.72. The zero-order chi connectivity index (χ0) is 11.0. The molecule has 3 rings (SSSR count). The lowest BCUT2D eigenvalue weighted by Crippen LogP contribution is -2.26. The van der Waals surface area contributed by atoms with Crippen LogP contribution in [0.4, 0.5) is 0 Å². The van der Waals surface area contributed by atoms with E-state index in [4.69, 9.17) is 0 Å². The Morgan fingerprint density at radius 1 is 1.19 bits per heavy atom. The van der Waals surface area contributed by atoms with E-state index < -0.39 is 0 Å². The summed E-state index contributed by atoms with van der Waals surface area (Å²) in [6.07, 6.45) is 2.51. The molecule has 1 saturated heterocycles. The Morgan fingerprint density at radius 2 is 2.00 bits per heavy atom. The molecule has 16 heavy (non-hydrogen) atoms. The largest absolute Gasteiger partial charge is 0.358 e. The van der Waals surface area contributed by atoms with Crippen molar-refractivity contribution in [1.29, 1.82) is 0 Å². The fourth-order valence-electron chi connectivity index (χ4n) is 2.68. The monoisotopic (exact) mass is 214 g/mol. The molecule has 0 saturated carbocycles. The highest BCUT2D eigenvalue weighted by molar-refractivity contribution is 5.83. The molecule has 1 aliphatic heterocycles. The molecule has 1 fully saturated rings. The number of aromatic nitrogens is 1. The second-order valence-corrected chi connectivity index (χ2v) is 4.79. The number of fused-ring (bicyclic) bond motifs is 1. The third-order valence-electron chi connectivity index (χ3n) is 3.66. The van der Waals surface area contributed by atoms with Crippen molar-refractivity contribution in [2.45, 2.75) is 25.7 Å². The van der Waals surface area contributed by atoms with Crippen LogP contribution in [0.1, 0.15) is 30.0 Å². The predicted octanol–water partition coefficient (Wildman–Crippen LogP) is 2.94. The molecule has 1 aromatic heterocycles. The number of H-pyrrole nitrogens is 1. The molecule has 2 nitrogen and oxygen atoms in total. The van der Waals surface area contributed by atoms with Crippen LogP contribution in [-0.4, -0.2) is 18.1 Å². The van der Waals surface area contributed by atoms with Gasteiger partial charge < -0.3 is 10.3 Å². The lowest BCUT2D eigenvalue weighted by Gasteiger charge is -2.21. The molecule has 1 aromatic carbocycles. The van der Waals surface area contributed by atoms with Crippen LogP contribution in [0.5, 0.6) is 0 Å². The Morgan fingerprint density at radius 3 is 2.75 bits per heavy atom. The molecule has 0 atom stereocenters. The highest BCUT2D eigenvalue weighted by atomic mass is 14.9. The van der Waals surface area contributed by atoms with Crippen LogP contribution in [-0.2, 0) is 0 Å². The number of hydrogen-bond donors (Lipinski definition) is 2. The Bertz CT molecular complexity index is 492. The van der Waals surface area contributed by atoms with E-state index in [0.29, 0.717) is 5.92 Å². The smallest absolute Gasteiger partial charge is 0.0485 e. The maximum Gasteiger partial charge on any atom is 0.0485 e. The van der Waals surface area contributed by atoms with Crippen LogP contribution in [0.15, 0.2) is 24.3 Å². The summed E-state index contributed by atoms with van der Waals surface area (Å²) in [6.45, 7) is 4.48. The van der Waals surface area contributed by atoms with Crippen molar-refractivity contribution in [2.75, 3.05) is 13.1 Å². The maximum absolute atomic E-state index is 3.61. The molecule has 2 aromatic rings. The van der Waals surface area contributed by atoms with Crippen LogP contribution in [0.2, 0.25) is 0 Å². The average molecular weight is 214 g/mol. The third-order valence-corrected chi connectivity index (χ3v) is 3.66. The second-order valence-electron chi connectivity index (χ2n) is 4.79. The molecule has 0 amide bonds. The summed E-state index contributed by atoms with van der Waals surface area (Å²) in [5.74, 6) is 0.716. The molecule has 0 unspecified atom stereocenters. The number of rotatable bonds is 1. The topological polar surface area (TPSA) is 27.8 Å². The van der Waals surface area contributed by atoms with Gasteiger partial charge in [-0.05, 0) is 49.9 Å². The van der Waals surface area contributed by atoms with Gasteiger partial charge in [-0.25, -0.2) is 0 Å². The molecule has 2 heterocycles. The molecule has 2 heteroatoms. The Hall–Kier alpha value is -1.28. The minimum Gasteiger partial charge on any atom is -0.358 e. The standard InChI is InChI=1S/C14H18N2/c1-10-3-2-4-12-9-13(16-14(10)12)11-5-7-15-8-6-11/h2-4,9,11,15-16H,5-8H2,1H3. The molecular weight excluding hydrogens is 196 g/mol. The average Bonchev–Trinajstić information content (AvgIpc) is 2.76. The normalized spacial score (nSPS) is 18.1. The van der Waals surface area contributed by atoms with Gasteiger partial charge in [0.25, 0.3) is 0 Å². The number of aryl methyl sites for hydroxylation is 1. The van der Waals surface area contributed by atoms with E-state index >= 15 is 0 Å². The van der Waals surface area contributed by atoms with Gasteiger partial charge in [0, 0.05) is 17.1 Å². The summed E-state index contributed by atoms with van der Waals surface area (Å²) >= 11 is 0. The molecule has 0 bridgehead atoms. The summed E-state index contributed by atoms with van der Waals surface area (Å²) in [4.78, 5) is 3.61. The third kappa shape index (κ3) is 1.63. The van der Waals surface area contributed by atoms with Crippen molar-refractivity contribution in [3.8, 4) is 0 Å².